The highest BCUT2D eigenvalue weighted by atomic mass is 16.7. The molecule has 2 rings (SSSR count). The van der Waals surface area contributed by atoms with E-state index in [1.54, 1.807) is 6.20 Å². The lowest BCUT2D eigenvalue weighted by molar-refractivity contribution is -0.112. The van der Waals surface area contributed by atoms with Crippen molar-refractivity contribution in [3.8, 4) is 0 Å². The molecular formula is C15H20N4O2. The molecule has 1 aromatic heterocycles. The molecule has 21 heavy (non-hydrogen) atoms. The van der Waals surface area contributed by atoms with Crippen LogP contribution in [0, 0.1) is 0 Å². The molecule has 0 fully saturated rings. The molecule has 112 valence electrons. The number of aromatic amines is 1. The molecule has 0 aliphatic carbocycles. The van der Waals surface area contributed by atoms with E-state index < -0.39 is 0 Å². The fourth-order valence-corrected chi connectivity index (χ4v) is 1.80. The van der Waals surface area contributed by atoms with Crippen LogP contribution in [-0.2, 0) is 11.3 Å². The van der Waals surface area contributed by atoms with Crippen molar-refractivity contribution in [3.05, 3.63) is 48.4 Å². The number of urea groups is 1. The van der Waals surface area contributed by atoms with E-state index in [2.05, 4.69) is 15.3 Å². The van der Waals surface area contributed by atoms with Crippen molar-refractivity contribution >= 4 is 11.8 Å². The minimum absolute atomic E-state index is 0.302. The standard InChI is InChI=1S/C15H20N4O2/c1-2-10-21-19(9-8-13-6-4-3-5-7-13)15(20)18-14-11-16-12-17-14/h3-7,11-12H,2,8-10H2,1H3,(H,16,17)(H,18,20). The molecule has 6 heteroatoms. The first kappa shape index (κ1) is 15.1. The summed E-state index contributed by atoms with van der Waals surface area (Å²) in [5.41, 5.74) is 1.16. The van der Waals surface area contributed by atoms with Crippen LogP contribution in [0.25, 0.3) is 0 Å². The quantitative estimate of drug-likeness (QED) is 0.770. The number of carbonyl (C=O) groups is 1. The van der Waals surface area contributed by atoms with Crippen LogP contribution in [-0.4, -0.2) is 34.2 Å². The zero-order valence-corrected chi connectivity index (χ0v) is 12.1. The molecule has 0 saturated carbocycles. The van der Waals surface area contributed by atoms with Crippen LogP contribution in [0.1, 0.15) is 18.9 Å². The third kappa shape index (κ3) is 4.92. The largest absolute Gasteiger partial charge is 0.346 e. The lowest BCUT2D eigenvalue weighted by Gasteiger charge is -2.21. The maximum atomic E-state index is 12.2. The zero-order chi connectivity index (χ0) is 14.9. The third-order valence-electron chi connectivity index (χ3n) is 2.86. The first-order valence-corrected chi connectivity index (χ1v) is 7.03. The summed E-state index contributed by atoms with van der Waals surface area (Å²) in [6, 6.07) is 9.70. The van der Waals surface area contributed by atoms with Crippen LogP contribution in [0.2, 0.25) is 0 Å². The van der Waals surface area contributed by atoms with Gasteiger partial charge in [0.25, 0.3) is 0 Å². The Balaban J connectivity index is 1.91. The van der Waals surface area contributed by atoms with E-state index in [1.807, 2.05) is 37.3 Å². The van der Waals surface area contributed by atoms with Gasteiger partial charge in [0.1, 0.15) is 5.82 Å². The van der Waals surface area contributed by atoms with Crippen molar-refractivity contribution < 1.29 is 9.63 Å². The fourth-order valence-electron chi connectivity index (χ4n) is 1.80. The molecule has 1 heterocycles. The van der Waals surface area contributed by atoms with Gasteiger partial charge in [-0.15, -0.1) is 0 Å². The number of hydrogen-bond acceptors (Lipinski definition) is 3. The number of anilines is 1. The van der Waals surface area contributed by atoms with Gasteiger partial charge >= 0.3 is 6.03 Å². The van der Waals surface area contributed by atoms with Gasteiger partial charge < -0.3 is 4.98 Å². The average Bonchev–Trinajstić information content (AvgIpc) is 3.01. The second-order valence-corrected chi connectivity index (χ2v) is 4.57. The molecule has 0 unspecified atom stereocenters. The summed E-state index contributed by atoms with van der Waals surface area (Å²) in [6.45, 7) is 3.00. The van der Waals surface area contributed by atoms with Crippen LogP contribution >= 0.6 is 0 Å². The summed E-state index contributed by atoms with van der Waals surface area (Å²) in [5, 5.41) is 4.07. The molecule has 0 aliphatic rings. The third-order valence-corrected chi connectivity index (χ3v) is 2.86. The average molecular weight is 288 g/mol. The second kappa shape index (κ2) is 8.06. The Morgan fingerprint density at radius 1 is 1.38 bits per heavy atom. The maximum Gasteiger partial charge on any atom is 0.346 e. The summed E-state index contributed by atoms with van der Waals surface area (Å²) in [5.74, 6) is 0.546. The first-order valence-electron chi connectivity index (χ1n) is 7.03. The molecule has 2 N–H and O–H groups in total. The number of benzene rings is 1. The Labute approximate surface area is 124 Å². The van der Waals surface area contributed by atoms with Crippen LogP contribution in [0.15, 0.2) is 42.9 Å². The smallest absolute Gasteiger partial charge is 0.331 e. The monoisotopic (exact) mass is 288 g/mol. The van der Waals surface area contributed by atoms with E-state index in [0.717, 1.165) is 18.4 Å². The number of hydroxylamine groups is 2. The number of rotatable bonds is 7. The molecule has 2 amide bonds. The second-order valence-electron chi connectivity index (χ2n) is 4.57. The van der Waals surface area contributed by atoms with Gasteiger partial charge in [0.2, 0.25) is 0 Å². The number of imidazole rings is 1. The van der Waals surface area contributed by atoms with Crippen molar-refractivity contribution in [2.45, 2.75) is 19.8 Å². The van der Waals surface area contributed by atoms with Crippen molar-refractivity contribution in [1.29, 1.82) is 0 Å². The van der Waals surface area contributed by atoms with Gasteiger partial charge in [0, 0.05) is 0 Å². The number of H-pyrrole nitrogens is 1. The minimum atomic E-state index is -0.302. The summed E-state index contributed by atoms with van der Waals surface area (Å²) in [6.07, 6.45) is 4.64. The number of amides is 2. The van der Waals surface area contributed by atoms with Gasteiger partial charge in [0.15, 0.2) is 0 Å². The normalized spacial score (nSPS) is 10.3. The summed E-state index contributed by atoms with van der Waals surface area (Å²) in [7, 11) is 0. The predicted octanol–water partition coefficient (Wildman–Crippen LogP) is 2.83. The zero-order valence-electron chi connectivity index (χ0n) is 12.1. The molecule has 0 saturated heterocycles. The summed E-state index contributed by atoms with van der Waals surface area (Å²) in [4.78, 5) is 24.4. The fraction of sp³-hybridized carbons (Fsp3) is 0.333. The Bertz CT molecular complexity index is 528. The van der Waals surface area contributed by atoms with Crippen molar-refractivity contribution in [1.82, 2.24) is 15.0 Å². The van der Waals surface area contributed by atoms with Gasteiger partial charge in [-0.3, -0.25) is 10.2 Å². The van der Waals surface area contributed by atoms with Gasteiger partial charge in [-0.05, 0) is 18.4 Å². The van der Waals surface area contributed by atoms with Crippen LogP contribution in [0.4, 0.5) is 10.6 Å². The van der Waals surface area contributed by atoms with E-state index in [4.69, 9.17) is 4.84 Å². The number of nitrogens with one attached hydrogen (secondary N) is 2. The summed E-state index contributed by atoms with van der Waals surface area (Å²) >= 11 is 0. The SMILES string of the molecule is CCCON(CCc1ccccc1)C(=O)Nc1cnc[nH]1. The molecular weight excluding hydrogens is 268 g/mol. The van der Waals surface area contributed by atoms with Crippen LogP contribution < -0.4 is 5.32 Å². The number of aromatic nitrogens is 2. The Morgan fingerprint density at radius 3 is 2.86 bits per heavy atom. The van der Waals surface area contributed by atoms with Crippen LogP contribution in [0.3, 0.4) is 0 Å². The Kier molecular flexibility index (Phi) is 5.78. The lowest BCUT2D eigenvalue weighted by atomic mass is 10.1. The molecule has 0 radical (unpaired) electrons. The van der Waals surface area contributed by atoms with E-state index >= 15 is 0 Å². The van der Waals surface area contributed by atoms with Crippen LogP contribution in [0.5, 0.6) is 0 Å². The highest BCUT2D eigenvalue weighted by molar-refractivity contribution is 5.87. The van der Waals surface area contributed by atoms with Gasteiger partial charge in [0.05, 0.1) is 25.7 Å². The molecule has 0 aliphatic heterocycles. The lowest BCUT2D eigenvalue weighted by Crippen LogP contribution is -2.37. The summed E-state index contributed by atoms with van der Waals surface area (Å²) < 4.78 is 0. The van der Waals surface area contributed by atoms with E-state index in [-0.39, 0.29) is 6.03 Å². The minimum Gasteiger partial charge on any atom is -0.331 e. The molecule has 1 aromatic carbocycles. The topological polar surface area (TPSA) is 70.2 Å². The number of carbonyl (C=O) groups excluding carboxylic acids is 1. The first-order chi connectivity index (χ1) is 10.3. The van der Waals surface area contributed by atoms with E-state index in [1.165, 1.54) is 11.4 Å². The highest BCUT2D eigenvalue weighted by Crippen LogP contribution is 2.06. The highest BCUT2D eigenvalue weighted by Gasteiger charge is 2.14. The molecule has 6 nitrogen and oxygen atoms in total. The van der Waals surface area contributed by atoms with Gasteiger partial charge in [-0.2, -0.15) is 0 Å². The van der Waals surface area contributed by atoms with Crippen molar-refractivity contribution in [2.24, 2.45) is 0 Å². The maximum absolute atomic E-state index is 12.2. The Morgan fingerprint density at radius 2 is 2.19 bits per heavy atom. The van der Waals surface area contributed by atoms with E-state index in [0.29, 0.717) is 19.0 Å². The van der Waals surface area contributed by atoms with E-state index in [9.17, 15) is 4.79 Å². The number of nitrogens with zero attached hydrogens (tertiary/aromatic N) is 2. The van der Waals surface area contributed by atoms with Crippen molar-refractivity contribution in [3.63, 3.8) is 0 Å². The van der Waals surface area contributed by atoms with Gasteiger partial charge in [-0.25, -0.2) is 14.8 Å². The molecule has 0 atom stereocenters. The molecule has 0 bridgehead atoms. The van der Waals surface area contributed by atoms with Crippen molar-refractivity contribution in [2.75, 3.05) is 18.5 Å². The number of hydrogen-bond donors (Lipinski definition) is 2. The molecule has 2 aromatic rings. The molecule has 0 spiro atoms. The van der Waals surface area contributed by atoms with Gasteiger partial charge in [-0.1, -0.05) is 37.3 Å². The predicted molar refractivity (Wildman–Crippen MR) is 80.7 cm³/mol. The Hall–Kier alpha value is -2.34.